The molecule has 0 saturated carbocycles. The second-order valence-corrected chi connectivity index (χ2v) is 5.67. The molecule has 16 heavy (non-hydrogen) atoms. The standard InChI is InChI=1S/C14H23NO/c1-3-5-6-8-14(16)10-12-7-9-13(4-2,11-14)15-12/h2,12,15-16H,3,5-11H2,1H3. The molecule has 2 heterocycles. The molecule has 2 aliphatic rings. The molecule has 0 aromatic heterocycles. The molecule has 2 N–H and O–H groups in total. The van der Waals surface area contributed by atoms with Gasteiger partial charge in [0.2, 0.25) is 0 Å². The summed E-state index contributed by atoms with van der Waals surface area (Å²) in [7, 11) is 0. The first-order chi connectivity index (χ1) is 7.61. The van der Waals surface area contributed by atoms with Gasteiger partial charge in [0.05, 0.1) is 11.1 Å². The monoisotopic (exact) mass is 221 g/mol. The molecule has 2 bridgehead atoms. The SMILES string of the molecule is C#CC12CCC(CC(O)(CCCCC)C1)N2. The van der Waals surface area contributed by atoms with Gasteiger partial charge in [-0.05, 0) is 25.7 Å². The van der Waals surface area contributed by atoms with Gasteiger partial charge < -0.3 is 5.11 Å². The van der Waals surface area contributed by atoms with Gasteiger partial charge in [-0.15, -0.1) is 6.42 Å². The lowest BCUT2D eigenvalue weighted by Gasteiger charge is -2.42. The molecule has 2 aliphatic heterocycles. The number of fused-ring (bicyclic) bond motifs is 2. The molecule has 0 aromatic carbocycles. The topological polar surface area (TPSA) is 32.3 Å². The Bertz CT molecular complexity index is 296. The van der Waals surface area contributed by atoms with Crippen LogP contribution < -0.4 is 5.32 Å². The molecule has 0 radical (unpaired) electrons. The summed E-state index contributed by atoms with van der Waals surface area (Å²) in [5.41, 5.74) is -0.710. The summed E-state index contributed by atoms with van der Waals surface area (Å²) in [5, 5.41) is 14.1. The summed E-state index contributed by atoms with van der Waals surface area (Å²) in [5.74, 6) is 2.88. The highest BCUT2D eigenvalue weighted by Gasteiger charge is 2.50. The summed E-state index contributed by atoms with van der Waals surface area (Å²) in [6, 6.07) is 0.441. The van der Waals surface area contributed by atoms with Crippen LogP contribution in [0.25, 0.3) is 0 Å². The third-order valence-corrected chi connectivity index (χ3v) is 4.18. The number of rotatable bonds is 4. The minimum atomic E-state index is -0.506. The molecule has 2 nitrogen and oxygen atoms in total. The summed E-state index contributed by atoms with van der Waals surface area (Å²) < 4.78 is 0. The van der Waals surface area contributed by atoms with E-state index in [1.165, 1.54) is 12.8 Å². The van der Waals surface area contributed by atoms with E-state index in [1.807, 2.05) is 0 Å². The molecule has 0 aliphatic carbocycles. The summed E-state index contributed by atoms with van der Waals surface area (Å²) in [6.07, 6.45) is 13.9. The van der Waals surface area contributed by atoms with Crippen molar-refractivity contribution in [1.82, 2.24) is 5.32 Å². The zero-order chi connectivity index (χ0) is 11.6. The fourth-order valence-electron chi connectivity index (χ4n) is 3.40. The van der Waals surface area contributed by atoms with Gasteiger partial charge in [0.15, 0.2) is 0 Å². The van der Waals surface area contributed by atoms with E-state index >= 15 is 0 Å². The van der Waals surface area contributed by atoms with Crippen LogP contribution in [0.5, 0.6) is 0 Å². The second kappa shape index (κ2) is 4.39. The minimum absolute atomic E-state index is 0.204. The zero-order valence-corrected chi connectivity index (χ0v) is 10.3. The van der Waals surface area contributed by atoms with Crippen molar-refractivity contribution in [2.24, 2.45) is 0 Å². The van der Waals surface area contributed by atoms with Gasteiger partial charge >= 0.3 is 0 Å². The fraction of sp³-hybridized carbons (Fsp3) is 0.857. The molecule has 0 spiro atoms. The van der Waals surface area contributed by atoms with Crippen LogP contribution in [0.15, 0.2) is 0 Å². The first kappa shape index (κ1) is 12.0. The highest BCUT2D eigenvalue weighted by atomic mass is 16.3. The first-order valence-corrected chi connectivity index (χ1v) is 6.59. The average molecular weight is 221 g/mol. The van der Waals surface area contributed by atoms with Gasteiger partial charge in [0.1, 0.15) is 0 Å². The van der Waals surface area contributed by atoms with Crippen molar-refractivity contribution in [2.45, 2.75) is 75.5 Å². The molecule has 2 heteroatoms. The van der Waals surface area contributed by atoms with E-state index in [2.05, 4.69) is 18.2 Å². The van der Waals surface area contributed by atoms with Crippen molar-refractivity contribution >= 4 is 0 Å². The third-order valence-electron chi connectivity index (χ3n) is 4.18. The maximum atomic E-state index is 10.6. The van der Waals surface area contributed by atoms with E-state index in [0.717, 1.165) is 38.5 Å². The molecule has 2 fully saturated rings. The van der Waals surface area contributed by atoms with Gasteiger partial charge in [-0.3, -0.25) is 5.32 Å². The average Bonchev–Trinajstić information content (AvgIpc) is 2.56. The predicted octanol–water partition coefficient (Wildman–Crippen LogP) is 2.22. The molecular formula is C14H23NO. The molecule has 2 rings (SSSR count). The van der Waals surface area contributed by atoms with E-state index in [9.17, 15) is 5.11 Å². The Hall–Kier alpha value is -0.520. The summed E-state index contributed by atoms with van der Waals surface area (Å²) >= 11 is 0. The van der Waals surface area contributed by atoms with Gasteiger partial charge in [0.25, 0.3) is 0 Å². The second-order valence-electron chi connectivity index (χ2n) is 5.67. The van der Waals surface area contributed by atoms with Crippen molar-refractivity contribution in [2.75, 3.05) is 0 Å². The normalized spacial score (nSPS) is 41.9. The van der Waals surface area contributed by atoms with Gasteiger partial charge in [-0.2, -0.15) is 0 Å². The summed E-state index contributed by atoms with van der Waals surface area (Å²) in [4.78, 5) is 0. The lowest BCUT2D eigenvalue weighted by Crippen LogP contribution is -2.55. The van der Waals surface area contributed by atoms with Crippen LogP contribution in [0, 0.1) is 12.3 Å². The molecule has 2 saturated heterocycles. The van der Waals surface area contributed by atoms with Crippen LogP contribution in [0.4, 0.5) is 0 Å². The number of terminal acetylenes is 1. The van der Waals surface area contributed by atoms with Gasteiger partial charge in [0, 0.05) is 12.5 Å². The smallest absolute Gasteiger partial charge is 0.0828 e. The number of hydrogen-bond donors (Lipinski definition) is 2. The highest BCUT2D eigenvalue weighted by Crippen LogP contribution is 2.42. The maximum absolute atomic E-state index is 10.6. The van der Waals surface area contributed by atoms with Crippen molar-refractivity contribution in [3.05, 3.63) is 0 Å². The molecule has 0 amide bonds. The van der Waals surface area contributed by atoms with Crippen LogP contribution in [-0.2, 0) is 0 Å². The van der Waals surface area contributed by atoms with Crippen molar-refractivity contribution in [3.63, 3.8) is 0 Å². The van der Waals surface area contributed by atoms with E-state index < -0.39 is 5.60 Å². The van der Waals surface area contributed by atoms with E-state index in [0.29, 0.717) is 6.04 Å². The Morgan fingerprint density at radius 1 is 1.50 bits per heavy atom. The Morgan fingerprint density at radius 3 is 3.00 bits per heavy atom. The lowest BCUT2D eigenvalue weighted by molar-refractivity contribution is -0.0258. The van der Waals surface area contributed by atoms with E-state index in [4.69, 9.17) is 6.42 Å². The Kier molecular flexibility index (Phi) is 3.28. The number of hydrogen-bond acceptors (Lipinski definition) is 2. The minimum Gasteiger partial charge on any atom is -0.390 e. The summed E-state index contributed by atoms with van der Waals surface area (Å²) in [6.45, 7) is 2.19. The van der Waals surface area contributed by atoms with Crippen molar-refractivity contribution < 1.29 is 5.11 Å². The van der Waals surface area contributed by atoms with Crippen LogP contribution >= 0.6 is 0 Å². The third kappa shape index (κ3) is 2.26. The molecule has 3 atom stereocenters. The quantitative estimate of drug-likeness (QED) is 0.563. The van der Waals surface area contributed by atoms with Gasteiger partial charge in [-0.25, -0.2) is 0 Å². The maximum Gasteiger partial charge on any atom is 0.0828 e. The van der Waals surface area contributed by atoms with Crippen molar-refractivity contribution in [3.8, 4) is 12.3 Å². The molecule has 90 valence electrons. The number of aliphatic hydroxyl groups is 1. The molecule has 0 aromatic rings. The largest absolute Gasteiger partial charge is 0.390 e. The number of piperidine rings is 1. The van der Waals surface area contributed by atoms with Crippen LogP contribution in [0.3, 0.4) is 0 Å². The lowest BCUT2D eigenvalue weighted by atomic mass is 9.77. The van der Waals surface area contributed by atoms with Crippen LogP contribution in [0.1, 0.15) is 58.3 Å². The van der Waals surface area contributed by atoms with E-state index in [1.54, 1.807) is 0 Å². The highest BCUT2D eigenvalue weighted by molar-refractivity contribution is 5.22. The van der Waals surface area contributed by atoms with Crippen molar-refractivity contribution in [1.29, 1.82) is 0 Å². The zero-order valence-electron chi connectivity index (χ0n) is 10.3. The van der Waals surface area contributed by atoms with Gasteiger partial charge in [-0.1, -0.05) is 32.1 Å². The van der Waals surface area contributed by atoms with E-state index in [-0.39, 0.29) is 5.54 Å². The number of nitrogens with one attached hydrogen (secondary N) is 1. The van der Waals surface area contributed by atoms with Crippen LogP contribution in [0.2, 0.25) is 0 Å². The fourth-order valence-corrected chi connectivity index (χ4v) is 3.40. The Morgan fingerprint density at radius 2 is 2.31 bits per heavy atom. The molecular weight excluding hydrogens is 198 g/mol. The number of unbranched alkanes of at least 4 members (excludes halogenated alkanes) is 2. The first-order valence-electron chi connectivity index (χ1n) is 6.59. The van der Waals surface area contributed by atoms with Crippen LogP contribution in [-0.4, -0.2) is 22.3 Å². The molecule has 3 unspecified atom stereocenters. The Balaban J connectivity index is 1.99. The predicted molar refractivity (Wildman–Crippen MR) is 66.0 cm³/mol. The Labute approximate surface area is 98.8 Å².